The second kappa shape index (κ2) is 5.50. The first kappa shape index (κ1) is 11.7. The van der Waals surface area contributed by atoms with Gasteiger partial charge in [-0.25, -0.2) is 9.97 Å². The quantitative estimate of drug-likeness (QED) is 0.762. The highest BCUT2D eigenvalue weighted by Crippen LogP contribution is 2.14. The summed E-state index contributed by atoms with van der Waals surface area (Å²) in [7, 11) is 1.68. The molecule has 0 radical (unpaired) electrons. The predicted octanol–water partition coefficient (Wildman–Crippen LogP) is 1.14. The van der Waals surface area contributed by atoms with Crippen molar-refractivity contribution in [3.63, 3.8) is 0 Å². The maximum absolute atomic E-state index is 5.69. The van der Waals surface area contributed by atoms with Gasteiger partial charge in [-0.2, -0.15) is 0 Å². The Balaban J connectivity index is 2.69. The molecule has 0 aliphatic carbocycles. The van der Waals surface area contributed by atoms with Gasteiger partial charge >= 0.3 is 0 Å². The molecule has 0 spiro atoms. The predicted molar refractivity (Wildman–Crippen MR) is 60.6 cm³/mol. The van der Waals surface area contributed by atoms with Crippen molar-refractivity contribution in [1.82, 2.24) is 9.97 Å². The summed E-state index contributed by atoms with van der Waals surface area (Å²) in [6, 6.07) is 0.189. The number of aromatic nitrogens is 2. The summed E-state index contributed by atoms with van der Waals surface area (Å²) in [6.07, 6.45) is 3.18. The maximum atomic E-state index is 5.69. The van der Waals surface area contributed by atoms with Gasteiger partial charge in [0.05, 0.1) is 12.6 Å². The van der Waals surface area contributed by atoms with Gasteiger partial charge in [0.15, 0.2) is 11.6 Å². The number of methoxy groups -OCH3 is 1. The minimum Gasteiger partial charge on any atom is -0.383 e. The molecule has 15 heavy (non-hydrogen) atoms. The lowest BCUT2D eigenvalue weighted by molar-refractivity contribution is 0.171. The Hall–Kier alpha value is -1.36. The zero-order valence-electron chi connectivity index (χ0n) is 9.40. The van der Waals surface area contributed by atoms with Crippen molar-refractivity contribution in [3.05, 3.63) is 12.4 Å². The van der Waals surface area contributed by atoms with E-state index < -0.39 is 0 Å². The first-order chi connectivity index (χ1) is 7.15. The van der Waals surface area contributed by atoms with Gasteiger partial charge in [0.2, 0.25) is 0 Å². The van der Waals surface area contributed by atoms with E-state index in [2.05, 4.69) is 29.1 Å². The molecular formula is C10H18N4O. The van der Waals surface area contributed by atoms with Gasteiger partial charge in [-0.15, -0.1) is 0 Å². The van der Waals surface area contributed by atoms with E-state index in [0.29, 0.717) is 24.2 Å². The van der Waals surface area contributed by atoms with Gasteiger partial charge in [-0.3, -0.25) is 0 Å². The van der Waals surface area contributed by atoms with E-state index in [1.165, 1.54) is 0 Å². The second-order valence-electron chi connectivity index (χ2n) is 3.74. The SMILES string of the molecule is COCC(Nc1nccnc1N)C(C)C. The fourth-order valence-electron chi connectivity index (χ4n) is 1.22. The number of hydrogen-bond donors (Lipinski definition) is 2. The summed E-state index contributed by atoms with van der Waals surface area (Å²) in [6.45, 7) is 4.85. The molecule has 0 aliphatic heterocycles. The molecular weight excluding hydrogens is 192 g/mol. The monoisotopic (exact) mass is 210 g/mol. The number of nitrogens with zero attached hydrogens (tertiary/aromatic N) is 2. The van der Waals surface area contributed by atoms with Crippen LogP contribution in [0.15, 0.2) is 12.4 Å². The van der Waals surface area contributed by atoms with Crippen LogP contribution in [-0.4, -0.2) is 29.7 Å². The molecule has 1 atom stereocenters. The smallest absolute Gasteiger partial charge is 0.169 e. The Morgan fingerprint density at radius 3 is 2.60 bits per heavy atom. The highest BCUT2D eigenvalue weighted by Gasteiger charge is 2.14. The number of nitrogens with two attached hydrogens (primary N) is 1. The van der Waals surface area contributed by atoms with Gasteiger partial charge in [-0.1, -0.05) is 13.8 Å². The average molecular weight is 210 g/mol. The molecule has 5 heteroatoms. The number of nitrogens with one attached hydrogen (secondary N) is 1. The van der Waals surface area contributed by atoms with Crippen molar-refractivity contribution in [2.45, 2.75) is 19.9 Å². The molecule has 0 saturated carbocycles. The Morgan fingerprint density at radius 2 is 2.07 bits per heavy atom. The first-order valence-electron chi connectivity index (χ1n) is 4.97. The van der Waals surface area contributed by atoms with Crippen LogP contribution in [0.3, 0.4) is 0 Å². The van der Waals surface area contributed by atoms with Crippen molar-refractivity contribution in [1.29, 1.82) is 0 Å². The lowest BCUT2D eigenvalue weighted by Crippen LogP contribution is -2.31. The van der Waals surface area contributed by atoms with Crippen molar-refractivity contribution < 1.29 is 4.74 Å². The minimum atomic E-state index is 0.189. The molecule has 1 rings (SSSR count). The largest absolute Gasteiger partial charge is 0.383 e. The highest BCUT2D eigenvalue weighted by atomic mass is 16.5. The number of anilines is 2. The van der Waals surface area contributed by atoms with E-state index in [0.717, 1.165) is 0 Å². The fraction of sp³-hybridized carbons (Fsp3) is 0.600. The maximum Gasteiger partial charge on any atom is 0.169 e. The molecule has 0 bridgehead atoms. The summed E-state index contributed by atoms with van der Waals surface area (Å²) in [5.41, 5.74) is 5.69. The average Bonchev–Trinajstić information content (AvgIpc) is 2.20. The summed E-state index contributed by atoms with van der Waals surface area (Å²) in [4.78, 5) is 8.09. The van der Waals surface area contributed by atoms with E-state index >= 15 is 0 Å². The van der Waals surface area contributed by atoms with Gasteiger partial charge in [0.25, 0.3) is 0 Å². The topological polar surface area (TPSA) is 73.1 Å². The lowest BCUT2D eigenvalue weighted by Gasteiger charge is -2.22. The van der Waals surface area contributed by atoms with Gasteiger partial charge < -0.3 is 15.8 Å². The van der Waals surface area contributed by atoms with Gasteiger partial charge in [-0.05, 0) is 5.92 Å². The van der Waals surface area contributed by atoms with E-state index in [1.54, 1.807) is 19.5 Å². The molecule has 1 unspecified atom stereocenters. The van der Waals surface area contributed by atoms with Crippen LogP contribution in [0, 0.1) is 5.92 Å². The third-order valence-electron chi connectivity index (χ3n) is 2.20. The summed E-state index contributed by atoms with van der Waals surface area (Å²) in [5.74, 6) is 1.47. The van der Waals surface area contributed by atoms with Gasteiger partial charge in [0, 0.05) is 19.5 Å². The van der Waals surface area contributed by atoms with Crippen LogP contribution in [0.2, 0.25) is 0 Å². The van der Waals surface area contributed by atoms with Crippen LogP contribution >= 0.6 is 0 Å². The molecule has 84 valence electrons. The lowest BCUT2D eigenvalue weighted by atomic mass is 10.1. The van der Waals surface area contributed by atoms with Crippen molar-refractivity contribution in [2.75, 3.05) is 24.8 Å². The van der Waals surface area contributed by atoms with E-state index in [4.69, 9.17) is 10.5 Å². The van der Waals surface area contributed by atoms with Gasteiger partial charge in [0.1, 0.15) is 0 Å². The molecule has 0 fully saturated rings. The van der Waals surface area contributed by atoms with E-state index in [9.17, 15) is 0 Å². The zero-order chi connectivity index (χ0) is 11.3. The Morgan fingerprint density at radius 1 is 1.40 bits per heavy atom. The molecule has 1 aromatic rings. The third kappa shape index (κ3) is 3.36. The van der Waals surface area contributed by atoms with E-state index in [1.807, 2.05) is 0 Å². The summed E-state index contributed by atoms with van der Waals surface area (Å²) < 4.78 is 5.13. The number of rotatable bonds is 5. The molecule has 5 nitrogen and oxygen atoms in total. The molecule has 1 aromatic heterocycles. The highest BCUT2D eigenvalue weighted by molar-refractivity contribution is 5.55. The zero-order valence-corrected chi connectivity index (χ0v) is 9.40. The number of nitrogen functional groups attached to an aromatic ring is 1. The van der Waals surface area contributed by atoms with Crippen LogP contribution in [-0.2, 0) is 4.74 Å². The van der Waals surface area contributed by atoms with E-state index in [-0.39, 0.29) is 6.04 Å². The van der Waals surface area contributed by atoms with Crippen LogP contribution in [0.1, 0.15) is 13.8 Å². The summed E-state index contributed by atoms with van der Waals surface area (Å²) in [5, 5.41) is 3.22. The van der Waals surface area contributed by atoms with Crippen molar-refractivity contribution >= 4 is 11.6 Å². The molecule has 3 N–H and O–H groups in total. The van der Waals surface area contributed by atoms with Crippen molar-refractivity contribution in [3.8, 4) is 0 Å². The molecule has 0 aromatic carbocycles. The van der Waals surface area contributed by atoms with Crippen LogP contribution < -0.4 is 11.1 Å². The molecule has 0 aliphatic rings. The number of hydrogen-bond acceptors (Lipinski definition) is 5. The minimum absolute atomic E-state index is 0.189. The normalized spacial score (nSPS) is 12.8. The fourth-order valence-corrected chi connectivity index (χ4v) is 1.22. The molecule has 1 heterocycles. The van der Waals surface area contributed by atoms with Crippen LogP contribution in [0.4, 0.5) is 11.6 Å². The standard InChI is InChI=1S/C10H18N4O/c1-7(2)8(6-15-3)14-10-9(11)12-4-5-13-10/h4-5,7-8H,6H2,1-3H3,(H2,11,12)(H,13,14). The molecule has 0 saturated heterocycles. The van der Waals surface area contributed by atoms with Crippen LogP contribution in [0.5, 0.6) is 0 Å². The Labute approximate surface area is 90.1 Å². The van der Waals surface area contributed by atoms with Crippen LogP contribution in [0.25, 0.3) is 0 Å². The first-order valence-corrected chi connectivity index (χ1v) is 4.97. The second-order valence-corrected chi connectivity index (χ2v) is 3.74. The summed E-state index contributed by atoms with van der Waals surface area (Å²) >= 11 is 0. The van der Waals surface area contributed by atoms with Crippen molar-refractivity contribution in [2.24, 2.45) is 5.92 Å². The third-order valence-corrected chi connectivity index (χ3v) is 2.20. The molecule has 0 amide bonds. The number of ether oxygens (including phenoxy) is 1. The Bertz CT molecular complexity index is 303. The Kier molecular flexibility index (Phi) is 4.30.